The van der Waals surface area contributed by atoms with Crippen LogP contribution in [0.15, 0.2) is 71.6 Å². The number of sulfonamides is 1. The first kappa shape index (κ1) is 20.5. The van der Waals surface area contributed by atoms with Crippen molar-refractivity contribution in [1.82, 2.24) is 0 Å². The van der Waals surface area contributed by atoms with Crippen LogP contribution in [0.2, 0.25) is 0 Å². The summed E-state index contributed by atoms with van der Waals surface area (Å²) >= 11 is 0. The predicted molar refractivity (Wildman–Crippen MR) is 113 cm³/mol. The van der Waals surface area contributed by atoms with Crippen LogP contribution in [0.4, 0.5) is 15.8 Å². The highest BCUT2D eigenvalue weighted by Gasteiger charge is 2.36. The molecule has 0 saturated heterocycles. The highest BCUT2D eigenvalue weighted by Crippen LogP contribution is 2.43. The number of esters is 1. The van der Waals surface area contributed by atoms with Crippen molar-refractivity contribution >= 4 is 33.3 Å². The number of benzene rings is 3. The highest BCUT2D eigenvalue weighted by molar-refractivity contribution is 7.93. The van der Waals surface area contributed by atoms with E-state index in [1.165, 1.54) is 37.4 Å². The number of nitrogens with zero attached hydrogens (tertiary/aromatic N) is 1. The van der Waals surface area contributed by atoms with Gasteiger partial charge in [-0.3, -0.25) is 9.10 Å². The normalized spacial score (nSPS) is 13.7. The minimum atomic E-state index is -4.05. The Labute approximate surface area is 178 Å². The average Bonchev–Trinajstić information content (AvgIpc) is 2.76. The number of methoxy groups -OCH3 is 1. The Morgan fingerprint density at radius 2 is 1.77 bits per heavy atom. The van der Waals surface area contributed by atoms with Gasteiger partial charge in [-0.1, -0.05) is 24.3 Å². The zero-order valence-electron chi connectivity index (χ0n) is 16.3. The van der Waals surface area contributed by atoms with Crippen molar-refractivity contribution in [3.63, 3.8) is 0 Å². The van der Waals surface area contributed by atoms with Gasteiger partial charge in [-0.05, 0) is 42.5 Å². The summed E-state index contributed by atoms with van der Waals surface area (Å²) in [7, 11) is -2.80. The molecule has 1 heterocycles. The molecule has 0 radical (unpaired) electrons. The number of fused-ring (bicyclic) bond motifs is 3. The molecule has 158 valence electrons. The molecule has 3 aromatic carbocycles. The molecule has 0 fully saturated rings. The molecule has 1 aliphatic heterocycles. The maximum Gasteiger partial charge on any atom is 0.337 e. The standard InChI is InChI=1S/C22H17FN2O5S/c1-30-22(27)14-5-4-6-16(11-14)24-21(26)13-25-19-10-9-15(23)12-18(19)17-7-2-3-8-20(17)31(25,28)29/h2-12H,13H2,1H3,(H,24,26). The van der Waals surface area contributed by atoms with Gasteiger partial charge in [0.2, 0.25) is 5.91 Å². The molecule has 9 heteroatoms. The average molecular weight is 440 g/mol. The summed E-state index contributed by atoms with van der Waals surface area (Å²) in [4.78, 5) is 24.4. The SMILES string of the molecule is COC(=O)c1cccc(NC(=O)CN2c3ccc(F)cc3-c3ccccc3S2(=O)=O)c1. The molecule has 0 spiro atoms. The molecule has 0 aromatic heterocycles. The number of nitrogens with one attached hydrogen (secondary N) is 1. The quantitative estimate of drug-likeness (QED) is 0.628. The van der Waals surface area contributed by atoms with Crippen molar-refractivity contribution in [2.45, 2.75) is 4.90 Å². The van der Waals surface area contributed by atoms with Crippen LogP contribution >= 0.6 is 0 Å². The van der Waals surface area contributed by atoms with Gasteiger partial charge < -0.3 is 10.1 Å². The number of hydrogen-bond acceptors (Lipinski definition) is 5. The zero-order valence-corrected chi connectivity index (χ0v) is 17.1. The maximum atomic E-state index is 13.9. The van der Waals surface area contributed by atoms with E-state index in [-0.39, 0.29) is 16.1 Å². The summed E-state index contributed by atoms with van der Waals surface area (Å²) in [5, 5.41) is 2.59. The topological polar surface area (TPSA) is 92.8 Å². The van der Waals surface area contributed by atoms with E-state index in [1.807, 2.05) is 0 Å². The fourth-order valence-electron chi connectivity index (χ4n) is 3.45. The summed E-state index contributed by atoms with van der Waals surface area (Å²) < 4.78 is 45.9. The second-order valence-corrected chi connectivity index (χ2v) is 8.62. The van der Waals surface area contributed by atoms with Crippen LogP contribution in [0.3, 0.4) is 0 Å². The highest BCUT2D eigenvalue weighted by atomic mass is 32.2. The Hall–Kier alpha value is -3.72. The summed E-state index contributed by atoms with van der Waals surface area (Å²) in [6, 6.07) is 16.1. The largest absolute Gasteiger partial charge is 0.465 e. The minimum absolute atomic E-state index is 0.00594. The Kier molecular flexibility index (Phi) is 5.20. The third-order valence-electron chi connectivity index (χ3n) is 4.83. The van der Waals surface area contributed by atoms with Gasteiger partial charge in [0, 0.05) is 16.8 Å². The summed E-state index contributed by atoms with van der Waals surface area (Å²) in [5.41, 5.74) is 1.51. The first-order valence-corrected chi connectivity index (χ1v) is 10.6. The number of ether oxygens (including phenoxy) is 1. The van der Waals surface area contributed by atoms with Crippen molar-refractivity contribution in [1.29, 1.82) is 0 Å². The van der Waals surface area contributed by atoms with Gasteiger partial charge in [-0.15, -0.1) is 0 Å². The Bertz CT molecular complexity index is 1310. The number of amides is 1. The summed E-state index contributed by atoms with van der Waals surface area (Å²) in [6.07, 6.45) is 0. The zero-order chi connectivity index (χ0) is 22.2. The van der Waals surface area contributed by atoms with Gasteiger partial charge in [-0.2, -0.15) is 0 Å². The second kappa shape index (κ2) is 7.84. The summed E-state index contributed by atoms with van der Waals surface area (Å²) in [6.45, 7) is -0.530. The van der Waals surface area contributed by atoms with Crippen molar-refractivity contribution < 1.29 is 27.1 Å². The number of carbonyl (C=O) groups excluding carboxylic acids is 2. The Morgan fingerprint density at radius 3 is 2.55 bits per heavy atom. The van der Waals surface area contributed by atoms with Gasteiger partial charge >= 0.3 is 5.97 Å². The number of hydrogen-bond donors (Lipinski definition) is 1. The molecule has 0 unspecified atom stereocenters. The van der Waals surface area contributed by atoms with Gasteiger partial charge in [0.15, 0.2) is 0 Å². The first-order valence-electron chi connectivity index (χ1n) is 9.21. The molecule has 1 aliphatic rings. The number of carbonyl (C=O) groups is 2. The van der Waals surface area contributed by atoms with Gasteiger partial charge in [0.05, 0.1) is 23.3 Å². The van der Waals surface area contributed by atoms with E-state index in [0.29, 0.717) is 16.8 Å². The predicted octanol–water partition coefficient (Wildman–Crippen LogP) is 3.43. The third-order valence-corrected chi connectivity index (χ3v) is 6.65. The van der Waals surface area contributed by atoms with E-state index in [2.05, 4.69) is 10.1 Å². The fraction of sp³-hybridized carbons (Fsp3) is 0.0909. The number of halogens is 1. The first-order chi connectivity index (χ1) is 14.8. The van der Waals surface area contributed by atoms with Crippen LogP contribution in [0.5, 0.6) is 0 Å². The lowest BCUT2D eigenvalue weighted by molar-refractivity contribution is -0.114. The van der Waals surface area contributed by atoms with E-state index >= 15 is 0 Å². The van der Waals surface area contributed by atoms with E-state index < -0.39 is 34.3 Å². The van der Waals surface area contributed by atoms with Crippen molar-refractivity contribution in [2.75, 3.05) is 23.3 Å². The molecule has 1 amide bonds. The number of rotatable bonds is 4. The fourth-order valence-corrected chi connectivity index (χ4v) is 5.10. The lowest BCUT2D eigenvalue weighted by Crippen LogP contribution is -2.40. The molecule has 7 nitrogen and oxygen atoms in total. The van der Waals surface area contributed by atoms with Crippen LogP contribution in [-0.4, -0.2) is 33.9 Å². The van der Waals surface area contributed by atoms with Crippen molar-refractivity contribution in [3.05, 3.63) is 78.1 Å². The molecule has 3 aromatic rings. The summed E-state index contributed by atoms with van der Waals surface area (Å²) in [5.74, 6) is -1.71. The van der Waals surface area contributed by atoms with E-state index in [9.17, 15) is 22.4 Å². The van der Waals surface area contributed by atoms with Crippen LogP contribution in [0, 0.1) is 5.82 Å². The molecule has 0 atom stereocenters. The second-order valence-electron chi connectivity index (χ2n) is 6.79. The lowest BCUT2D eigenvalue weighted by atomic mass is 10.0. The lowest BCUT2D eigenvalue weighted by Gasteiger charge is -2.31. The number of anilines is 2. The monoisotopic (exact) mass is 440 g/mol. The Balaban J connectivity index is 1.67. The van der Waals surface area contributed by atoms with Gasteiger partial charge in [-0.25, -0.2) is 17.6 Å². The van der Waals surface area contributed by atoms with Crippen LogP contribution in [-0.2, 0) is 19.6 Å². The van der Waals surface area contributed by atoms with E-state index in [0.717, 1.165) is 10.4 Å². The molecule has 4 rings (SSSR count). The third kappa shape index (κ3) is 3.75. The van der Waals surface area contributed by atoms with Gasteiger partial charge in [0.25, 0.3) is 10.0 Å². The van der Waals surface area contributed by atoms with E-state index in [1.54, 1.807) is 30.3 Å². The smallest absolute Gasteiger partial charge is 0.337 e. The van der Waals surface area contributed by atoms with Crippen LogP contribution < -0.4 is 9.62 Å². The van der Waals surface area contributed by atoms with Gasteiger partial charge in [0.1, 0.15) is 12.4 Å². The van der Waals surface area contributed by atoms with Crippen molar-refractivity contribution in [2.24, 2.45) is 0 Å². The Morgan fingerprint density at radius 1 is 1.00 bits per heavy atom. The van der Waals surface area contributed by atoms with Crippen LogP contribution in [0.1, 0.15) is 10.4 Å². The molecule has 1 N–H and O–H groups in total. The molecule has 0 saturated carbocycles. The maximum absolute atomic E-state index is 13.9. The minimum Gasteiger partial charge on any atom is -0.465 e. The van der Waals surface area contributed by atoms with E-state index in [4.69, 9.17) is 0 Å². The molecular formula is C22H17FN2O5S. The molecule has 0 aliphatic carbocycles. The molecule has 31 heavy (non-hydrogen) atoms. The van der Waals surface area contributed by atoms with Crippen LogP contribution in [0.25, 0.3) is 11.1 Å². The molecular weight excluding hydrogens is 423 g/mol. The molecule has 0 bridgehead atoms. The van der Waals surface area contributed by atoms with Crippen molar-refractivity contribution in [3.8, 4) is 11.1 Å².